The smallest absolute Gasteiger partial charge is 0.253 e. The lowest BCUT2D eigenvalue weighted by atomic mass is 10.1. The summed E-state index contributed by atoms with van der Waals surface area (Å²) in [6.07, 6.45) is 2.99. The van der Waals surface area contributed by atoms with Crippen LogP contribution < -0.4 is 14.8 Å². The van der Waals surface area contributed by atoms with Crippen molar-refractivity contribution >= 4 is 24.4 Å². The van der Waals surface area contributed by atoms with Gasteiger partial charge in [0.15, 0.2) is 0 Å². The van der Waals surface area contributed by atoms with Crippen LogP contribution in [0.1, 0.15) is 12.0 Å². The largest absolute Gasteiger partial charge is 0.497 e. The van der Waals surface area contributed by atoms with E-state index in [4.69, 9.17) is 9.47 Å². The zero-order valence-electron chi connectivity index (χ0n) is 13.5. The Labute approximate surface area is 143 Å². The van der Waals surface area contributed by atoms with Gasteiger partial charge in [-0.15, -0.1) is 12.4 Å². The van der Waals surface area contributed by atoms with Gasteiger partial charge < -0.3 is 19.7 Å². The van der Waals surface area contributed by atoms with Crippen molar-refractivity contribution in [3.05, 3.63) is 29.3 Å². The molecule has 3 rings (SSSR count). The average Bonchev–Trinajstić information content (AvgIpc) is 3.02. The minimum absolute atomic E-state index is 0. The van der Waals surface area contributed by atoms with Gasteiger partial charge in [0.25, 0.3) is 5.91 Å². The molecule has 2 aliphatic rings. The fourth-order valence-electron chi connectivity index (χ4n) is 3.08. The monoisotopic (exact) mass is 338 g/mol. The predicted octanol–water partition coefficient (Wildman–Crippen LogP) is 1.96. The molecule has 1 fully saturated rings. The lowest BCUT2D eigenvalue weighted by Gasteiger charge is -2.22. The van der Waals surface area contributed by atoms with Crippen LogP contribution in [0.3, 0.4) is 0 Å². The van der Waals surface area contributed by atoms with Crippen LogP contribution in [-0.2, 0) is 4.79 Å². The summed E-state index contributed by atoms with van der Waals surface area (Å²) in [6, 6.07) is 5.64. The van der Waals surface area contributed by atoms with Crippen molar-refractivity contribution in [3.8, 4) is 11.5 Å². The van der Waals surface area contributed by atoms with Crippen LogP contribution in [-0.4, -0.2) is 51.2 Å². The Balaban J connectivity index is 0.00000192. The number of ether oxygens (including phenoxy) is 2. The molecule has 1 aromatic carbocycles. The minimum Gasteiger partial charge on any atom is -0.497 e. The van der Waals surface area contributed by atoms with Crippen molar-refractivity contribution in [2.75, 3.05) is 40.4 Å². The average molecular weight is 339 g/mol. The number of nitrogens with zero attached hydrogens (tertiary/aromatic N) is 1. The van der Waals surface area contributed by atoms with Crippen molar-refractivity contribution in [2.24, 2.45) is 5.92 Å². The molecule has 1 atom stereocenters. The number of benzene rings is 1. The van der Waals surface area contributed by atoms with Gasteiger partial charge in [0.05, 0.1) is 12.7 Å². The second-order valence-corrected chi connectivity index (χ2v) is 5.83. The molecule has 6 heteroatoms. The number of carbonyl (C=O) groups is 1. The number of amides is 1. The zero-order chi connectivity index (χ0) is 15.5. The fraction of sp³-hybridized carbons (Fsp3) is 0.471. The Morgan fingerprint density at radius 3 is 3.04 bits per heavy atom. The van der Waals surface area contributed by atoms with E-state index in [0.717, 1.165) is 43.1 Å². The van der Waals surface area contributed by atoms with Gasteiger partial charge in [-0.3, -0.25) is 4.79 Å². The van der Waals surface area contributed by atoms with E-state index >= 15 is 0 Å². The van der Waals surface area contributed by atoms with E-state index < -0.39 is 0 Å². The summed E-state index contributed by atoms with van der Waals surface area (Å²) in [5, 5.41) is 3.18. The van der Waals surface area contributed by atoms with Crippen LogP contribution in [0.5, 0.6) is 11.5 Å². The first-order chi connectivity index (χ1) is 10.7. The van der Waals surface area contributed by atoms with Crippen molar-refractivity contribution in [1.82, 2.24) is 10.2 Å². The molecular formula is C17H23ClN2O3. The molecule has 0 aliphatic carbocycles. The fourth-order valence-corrected chi connectivity index (χ4v) is 3.08. The Morgan fingerprint density at radius 2 is 2.30 bits per heavy atom. The highest BCUT2D eigenvalue weighted by molar-refractivity contribution is 5.99. The molecule has 1 amide bonds. The molecule has 0 aromatic heterocycles. The maximum Gasteiger partial charge on any atom is 0.253 e. The van der Waals surface area contributed by atoms with Gasteiger partial charge in [0.2, 0.25) is 0 Å². The first-order valence-corrected chi connectivity index (χ1v) is 7.66. The topological polar surface area (TPSA) is 50.8 Å². The van der Waals surface area contributed by atoms with E-state index in [2.05, 4.69) is 5.32 Å². The van der Waals surface area contributed by atoms with Gasteiger partial charge >= 0.3 is 0 Å². The maximum absolute atomic E-state index is 12.6. The SMILES string of the molecule is CNCC1CCN(C(=O)C2=Cc3cc(OC)ccc3OC2)C1.Cl. The molecule has 1 N–H and O–H groups in total. The molecular weight excluding hydrogens is 316 g/mol. The zero-order valence-corrected chi connectivity index (χ0v) is 14.3. The van der Waals surface area contributed by atoms with Crippen LogP contribution >= 0.6 is 12.4 Å². The minimum atomic E-state index is 0. The molecule has 0 saturated carbocycles. The van der Waals surface area contributed by atoms with Gasteiger partial charge in [-0.2, -0.15) is 0 Å². The quantitative estimate of drug-likeness (QED) is 0.912. The van der Waals surface area contributed by atoms with Gasteiger partial charge in [-0.1, -0.05) is 0 Å². The molecule has 1 saturated heterocycles. The van der Waals surface area contributed by atoms with Crippen molar-refractivity contribution < 1.29 is 14.3 Å². The number of carbonyl (C=O) groups excluding carboxylic acids is 1. The van der Waals surface area contributed by atoms with Crippen LogP contribution in [0, 0.1) is 5.92 Å². The Bertz CT molecular complexity index is 604. The number of hydrogen-bond donors (Lipinski definition) is 1. The highest BCUT2D eigenvalue weighted by Gasteiger charge is 2.29. The van der Waals surface area contributed by atoms with Crippen LogP contribution in [0.2, 0.25) is 0 Å². The van der Waals surface area contributed by atoms with Crippen molar-refractivity contribution in [2.45, 2.75) is 6.42 Å². The first kappa shape index (κ1) is 17.6. The van der Waals surface area contributed by atoms with E-state index in [1.165, 1.54) is 0 Å². The van der Waals surface area contributed by atoms with E-state index in [1.807, 2.05) is 36.2 Å². The van der Waals surface area contributed by atoms with E-state index in [-0.39, 0.29) is 18.3 Å². The van der Waals surface area contributed by atoms with Gasteiger partial charge in [0.1, 0.15) is 18.1 Å². The summed E-state index contributed by atoms with van der Waals surface area (Å²) in [5.41, 5.74) is 1.62. The summed E-state index contributed by atoms with van der Waals surface area (Å²) in [6.45, 7) is 2.94. The van der Waals surface area contributed by atoms with E-state index in [9.17, 15) is 4.79 Å². The molecule has 1 unspecified atom stereocenters. The number of nitrogens with one attached hydrogen (secondary N) is 1. The van der Waals surface area contributed by atoms with E-state index in [1.54, 1.807) is 7.11 Å². The summed E-state index contributed by atoms with van der Waals surface area (Å²) in [4.78, 5) is 14.6. The summed E-state index contributed by atoms with van der Waals surface area (Å²) in [7, 11) is 3.58. The molecule has 0 spiro atoms. The lowest BCUT2D eigenvalue weighted by molar-refractivity contribution is -0.126. The highest BCUT2D eigenvalue weighted by Crippen LogP contribution is 2.31. The number of methoxy groups -OCH3 is 1. The first-order valence-electron chi connectivity index (χ1n) is 7.66. The van der Waals surface area contributed by atoms with Gasteiger partial charge in [0, 0.05) is 18.7 Å². The second-order valence-electron chi connectivity index (χ2n) is 5.83. The van der Waals surface area contributed by atoms with Gasteiger partial charge in [-0.05, 0) is 50.2 Å². The molecule has 5 nitrogen and oxygen atoms in total. The molecule has 2 heterocycles. The third kappa shape index (κ3) is 3.79. The van der Waals surface area contributed by atoms with Crippen LogP contribution in [0.4, 0.5) is 0 Å². The summed E-state index contributed by atoms with van der Waals surface area (Å²) >= 11 is 0. The number of likely N-dealkylation sites (tertiary alicyclic amines) is 1. The standard InChI is InChI=1S/C17H22N2O3.ClH/c1-18-9-12-5-6-19(10-12)17(20)14-7-13-8-15(21-2)3-4-16(13)22-11-14;/h3-4,7-8,12,18H,5-6,9-11H2,1-2H3;1H. The Hall–Kier alpha value is -1.72. The molecule has 2 aliphatic heterocycles. The third-order valence-electron chi connectivity index (χ3n) is 4.27. The highest BCUT2D eigenvalue weighted by atomic mass is 35.5. The number of rotatable bonds is 4. The lowest BCUT2D eigenvalue weighted by Crippen LogP contribution is -2.33. The summed E-state index contributed by atoms with van der Waals surface area (Å²) < 4.78 is 10.9. The summed E-state index contributed by atoms with van der Waals surface area (Å²) in [5.74, 6) is 2.20. The number of fused-ring (bicyclic) bond motifs is 1. The Kier molecular flexibility index (Phi) is 5.91. The van der Waals surface area contributed by atoms with Crippen LogP contribution in [0.15, 0.2) is 23.8 Å². The second kappa shape index (κ2) is 7.70. The van der Waals surface area contributed by atoms with Crippen molar-refractivity contribution in [1.29, 1.82) is 0 Å². The molecule has 0 bridgehead atoms. The molecule has 1 aromatic rings. The third-order valence-corrected chi connectivity index (χ3v) is 4.27. The predicted molar refractivity (Wildman–Crippen MR) is 92.3 cm³/mol. The maximum atomic E-state index is 12.6. The number of hydrogen-bond acceptors (Lipinski definition) is 4. The van der Waals surface area contributed by atoms with Crippen molar-refractivity contribution in [3.63, 3.8) is 0 Å². The molecule has 23 heavy (non-hydrogen) atoms. The van der Waals surface area contributed by atoms with Crippen LogP contribution in [0.25, 0.3) is 6.08 Å². The normalized spacial score (nSPS) is 19.3. The van der Waals surface area contributed by atoms with E-state index in [0.29, 0.717) is 18.1 Å². The number of halogens is 1. The molecule has 0 radical (unpaired) electrons. The molecule has 126 valence electrons. The van der Waals surface area contributed by atoms with Gasteiger partial charge in [-0.25, -0.2) is 0 Å². The Morgan fingerprint density at radius 1 is 1.48 bits per heavy atom.